The van der Waals surface area contributed by atoms with E-state index in [-0.39, 0.29) is 0 Å². The molecule has 2 heterocycles. The highest BCUT2D eigenvalue weighted by Gasteiger charge is 2.15. The van der Waals surface area contributed by atoms with Crippen molar-refractivity contribution in [3.63, 3.8) is 0 Å². The van der Waals surface area contributed by atoms with Crippen LogP contribution in [0.15, 0.2) is 29.3 Å². The monoisotopic (exact) mass is 250 g/mol. The van der Waals surface area contributed by atoms with Gasteiger partial charge in [0.25, 0.3) is 0 Å². The fraction of sp³-hybridized carbons (Fsp3) is 0.250. The summed E-state index contributed by atoms with van der Waals surface area (Å²) in [7, 11) is 0. The van der Waals surface area contributed by atoms with E-state index < -0.39 is 0 Å². The molecule has 82 valence electrons. The van der Waals surface area contributed by atoms with Gasteiger partial charge in [0, 0.05) is 28.3 Å². The van der Waals surface area contributed by atoms with Crippen LogP contribution < -0.4 is 0 Å². The number of aryl methyl sites for hydroxylation is 2. The Bertz CT molecular complexity index is 548. The first kappa shape index (κ1) is 10.2. The summed E-state index contributed by atoms with van der Waals surface area (Å²) >= 11 is 7.87. The second-order valence-corrected chi connectivity index (χ2v) is 5.45. The van der Waals surface area contributed by atoms with Crippen molar-refractivity contribution in [1.29, 1.82) is 0 Å². The molecule has 0 N–H and O–H groups in total. The van der Waals surface area contributed by atoms with Gasteiger partial charge in [-0.1, -0.05) is 11.6 Å². The molecule has 3 rings (SSSR count). The van der Waals surface area contributed by atoms with E-state index in [2.05, 4.69) is 21.8 Å². The summed E-state index contributed by atoms with van der Waals surface area (Å²) in [6.07, 6.45) is 3.10. The molecule has 0 fully saturated rings. The van der Waals surface area contributed by atoms with Crippen LogP contribution in [0.4, 0.5) is 0 Å². The molecule has 0 spiro atoms. The van der Waals surface area contributed by atoms with Crippen LogP contribution in [0.1, 0.15) is 11.5 Å². The molecule has 0 unspecified atom stereocenters. The van der Waals surface area contributed by atoms with Crippen molar-refractivity contribution in [3.05, 3.63) is 40.9 Å². The fourth-order valence-corrected chi connectivity index (χ4v) is 3.25. The molecule has 2 nitrogen and oxygen atoms in total. The number of halogens is 1. The Labute approximate surface area is 104 Å². The third-order valence-electron chi connectivity index (χ3n) is 2.66. The summed E-state index contributed by atoms with van der Waals surface area (Å²) in [6, 6.07) is 6.04. The van der Waals surface area contributed by atoms with Crippen molar-refractivity contribution in [2.75, 3.05) is 5.75 Å². The fourth-order valence-electron chi connectivity index (χ4n) is 1.99. The molecule has 0 amide bonds. The van der Waals surface area contributed by atoms with E-state index in [9.17, 15) is 0 Å². The smallest absolute Gasteiger partial charge is 0.114 e. The van der Waals surface area contributed by atoms with Crippen LogP contribution in [0.5, 0.6) is 0 Å². The highest BCUT2D eigenvalue weighted by Crippen LogP contribution is 2.33. The highest BCUT2D eigenvalue weighted by molar-refractivity contribution is 7.99. The van der Waals surface area contributed by atoms with Crippen LogP contribution >= 0.6 is 23.4 Å². The van der Waals surface area contributed by atoms with Gasteiger partial charge in [0.05, 0.1) is 11.4 Å². The molecular formula is C12H11ClN2S. The minimum absolute atomic E-state index is 0.798. The second-order valence-electron chi connectivity index (χ2n) is 3.88. The van der Waals surface area contributed by atoms with Gasteiger partial charge in [-0.15, -0.1) is 11.8 Å². The summed E-state index contributed by atoms with van der Waals surface area (Å²) in [6.45, 7) is 2.03. The molecule has 0 aliphatic carbocycles. The molecule has 16 heavy (non-hydrogen) atoms. The zero-order chi connectivity index (χ0) is 11.1. The average Bonchev–Trinajstić information content (AvgIpc) is 2.52. The van der Waals surface area contributed by atoms with Crippen molar-refractivity contribution in [2.45, 2.75) is 18.2 Å². The summed E-state index contributed by atoms with van der Waals surface area (Å²) in [5, 5.41) is 0.798. The largest absolute Gasteiger partial charge is 0.302 e. The van der Waals surface area contributed by atoms with Crippen LogP contribution in [-0.4, -0.2) is 15.3 Å². The van der Waals surface area contributed by atoms with Crippen molar-refractivity contribution >= 4 is 23.4 Å². The first-order valence-electron chi connectivity index (χ1n) is 5.21. The second kappa shape index (κ2) is 3.82. The molecule has 0 bridgehead atoms. The normalized spacial score (nSPS) is 14.1. The van der Waals surface area contributed by atoms with Crippen molar-refractivity contribution in [2.24, 2.45) is 0 Å². The predicted molar refractivity (Wildman–Crippen MR) is 67.7 cm³/mol. The lowest BCUT2D eigenvalue weighted by atomic mass is 10.3. The summed E-state index contributed by atoms with van der Waals surface area (Å²) < 4.78 is 2.18. The van der Waals surface area contributed by atoms with Gasteiger partial charge in [0.2, 0.25) is 0 Å². The zero-order valence-corrected chi connectivity index (χ0v) is 10.5. The molecule has 0 radical (unpaired) electrons. The molecule has 1 aliphatic heterocycles. The number of imidazole rings is 1. The van der Waals surface area contributed by atoms with Crippen molar-refractivity contribution in [1.82, 2.24) is 9.55 Å². The topological polar surface area (TPSA) is 17.8 Å². The maximum atomic E-state index is 6.02. The SMILES string of the molecule is Cc1cn2c(n1)CCSc1cc(Cl)ccc1-2. The summed E-state index contributed by atoms with van der Waals surface area (Å²) in [4.78, 5) is 5.79. The number of hydrogen-bond acceptors (Lipinski definition) is 2. The third-order valence-corrected chi connectivity index (χ3v) is 3.95. The highest BCUT2D eigenvalue weighted by atomic mass is 35.5. The summed E-state index contributed by atoms with van der Waals surface area (Å²) in [5.74, 6) is 2.20. The number of fused-ring (bicyclic) bond motifs is 3. The lowest BCUT2D eigenvalue weighted by Crippen LogP contribution is -1.99. The first-order chi connectivity index (χ1) is 7.74. The van der Waals surface area contributed by atoms with Crippen LogP contribution in [0.25, 0.3) is 5.69 Å². The molecule has 1 aliphatic rings. The Morgan fingerprint density at radius 1 is 1.44 bits per heavy atom. The van der Waals surface area contributed by atoms with E-state index in [4.69, 9.17) is 11.6 Å². The Kier molecular flexibility index (Phi) is 2.45. The molecular weight excluding hydrogens is 240 g/mol. The van der Waals surface area contributed by atoms with E-state index >= 15 is 0 Å². The number of aromatic nitrogens is 2. The Morgan fingerprint density at radius 2 is 2.31 bits per heavy atom. The number of rotatable bonds is 0. The Hall–Kier alpha value is -0.930. The molecule has 1 aromatic carbocycles. The van der Waals surface area contributed by atoms with E-state index in [1.54, 1.807) is 0 Å². The van der Waals surface area contributed by atoms with Gasteiger partial charge >= 0.3 is 0 Å². The molecule has 1 aromatic heterocycles. The lowest BCUT2D eigenvalue weighted by Gasteiger charge is -2.08. The minimum Gasteiger partial charge on any atom is -0.302 e. The van der Waals surface area contributed by atoms with Crippen molar-refractivity contribution in [3.8, 4) is 5.69 Å². The van der Waals surface area contributed by atoms with Crippen LogP contribution in [-0.2, 0) is 6.42 Å². The quantitative estimate of drug-likeness (QED) is 0.712. The van der Waals surface area contributed by atoms with Crippen molar-refractivity contribution < 1.29 is 0 Å². The maximum Gasteiger partial charge on any atom is 0.114 e. The standard InChI is InChI=1S/C12H11ClN2S/c1-8-7-15-10-3-2-9(13)6-11(10)16-5-4-12(15)14-8/h2-3,6-7H,4-5H2,1H3. The Balaban J connectivity index is 2.24. The average molecular weight is 251 g/mol. The van der Waals surface area contributed by atoms with E-state index in [0.29, 0.717) is 0 Å². The van der Waals surface area contributed by atoms with Gasteiger partial charge in [-0.3, -0.25) is 0 Å². The number of thioether (sulfide) groups is 1. The van der Waals surface area contributed by atoms with Crippen LogP contribution in [0.2, 0.25) is 5.02 Å². The van der Waals surface area contributed by atoms with Gasteiger partial charge in [0.1, 0.15) is 5.82 Å². The predicted octanol–water partition coefficient (Wildman–Crippen LogP) is 3.48. The molecule has 0 saturated carbocycles. The van der Waals surface area contributed by atoms with Gasteiger partial charge in [-0.2, -0.15) is 0 Å². The summed E-state index contributed by atoms with van der Waals surface area (Å²) in [5.41, 5.74) is 2.27. The van der Waals surface area contributed by atoms with E-state index in [0.717, 1.165) is 28.7 Å². The molecule has 0 atom stereocenters. The van der Waals surface area contributed by atoms with E-state index in [1.165, 1.54) is 10.6 Å². The lowest BCUT2D eigenvalue weighted by molar-refractivity contribution is 0.896. The maximum absolute atomic E-state index is 6.02. The van der Waals surface area contributed by atoms with Crippen LogP contribution in [0.3, 0.4) is 0 Å². The molecule has 2 aromatic rings. The minimum atomic E-state index is 0.798. The van der Waals surface area contributed by atoms with Gasteiger partial charge in [0.15, 0.2) is 0 Å². The Morgan fingerprint density at radius 3 is 3.19 bits per heavy atom. The first-order valence-corrected chi connectivity index (χ1v) is 6.58. The van der Waals surface area contributed by atoms with E-state index in [1.807, 2.05) is 30.8 Å². The number of benzene rings is 1. The number of hydrogen-bond donors (Lipinski definition) is 0. The van der Waals surface area contributed by atoms with Crippen LogP contribution in [0, 0.1) is 6.92 Å². The number of nitrogens with zero attached hydrogens (tertiary/aromatic N) is 2. The zero-order valence-electron chi connectivity index (χ0n) is 8.90. The van der Waals surface area contributed by atoms with Gasteiger partial charge in [-0.05, 0) is 25.1 Å². The van der Waals surface area contributed by atoms with Gasteiger partial charge in [-0.25, -0.2) is 4.98 Å². The molecule has 4 heteroatoms. The third kappa shape index (κ3) is 1.64. The molecule has 0 saturated heterocycles. The van der Waals surface area contributed by atoms with Gasteiger partial charge < -0.3 is 4.57 Å².